The van der Waals surface area contributed by atoms with Gasteiger partial charge in [0.25, 0.3) is 0 Å². The molecule has 0 spiro atoms. The molecule has 0 aromatic heterocycles. The minimum absolute atomic E-state index is 0.158. The third-order valence-electron chi connectivity index (χ3n) is 4.16. The first kappa shape index (κ1) is 13.4. The van der Waals surface area contributed by atoms with Crippen molar-refractivity contribution in [1.82, 2.24) is 0 Å². The quantitative estimate of drug-likeness (QED) is 0.695. The van der Waals surface area contributed by atoms with E-state index in [1.54, 1.807) is 0 Å². The molecule has 1 atom stereocenters. The van der Waals surface area contributed by atoms with Crippen LogP contribution in [0.3, 0.4) is 0 Å². The van der Waals surface area contributed by atoms with Crippen molar-refractivity contribution in [3.63, 3.8) is 0 Å². The zero-order valence-corrected chi connectivity index (χ0v) is 12.4. The van der Waals surface area contributed by atoms with Gasteiger partial charge in [-0.1, -0.05) is 60.7 Å². The summed E-state index contributed by atoms with van der Waals surface area (Å²) in [6.45, 7) is 0.592. The van der Waals surface area contributed by atoms with Crippen molar-refractivity contribution < 1.29 is 9.47 Å². The van der Waals surface area contributed by atoms with Gasteiger partial charge in [-0.25, -0.2) is 0 Å². The molecule has 1 heterocycles. The second kappa shape index (κ2) is 5.82. The molecular weight excluding hydrogens is 272 g/mol. The fraction of sp³-hybridized carbons (Fsp3) is 0.200. The van der Waals surface area contributed by atoms with E-state index >= 15 is 0 Å². The third-order valence-corrected chi connectivity index (χ3v) is 4.16. The van der Waals surface area contributed by atoms with Crippen molar-refractivity contribution in [3.05, 3.63) is 77.9 Å². The molecule has 0 bridgehead atoms. The number of fused-ring (bicyclic) bond motifs is 3. The van der Waals surface area contributed by atoms with E-state index in [2.05, 4.69) is 48.5 Å². The van der Waals surface area contributed by atoms with Gasteiger partial charge in [0, 0.05) is 12.0 Å². The first-order chi connectivity index (χ1) is 10.9. The number of aryl methyl sites for hydroxylation is 1. The molecule has 0 fully saturated rings. The van der Waals surface area contributed by atoms with Crippen molar-refractivity contribution in [2.24, 2.45) is 0 Å². The van der Waals surface area contributed by atoms with Crippen LogP contribution in [-0.2, 0) is 17.8 Å². The Morgan fingerprint density at radius 3 is 2.64 bits per heavy atom. The van der Waals surface area contributed by atoms with E-state index in [0.717, 1.165) is 18.6 Å². The van der Waals surface area contributed by atoms with Gasteiger partial charge in [0.1, 0.15) is 5.75 Å². The molecule has 1 unspecified atom stereocenters. The van der Waals surface area contributed by atoms with Crippen molar-refractivity contribution in [2.45, 2.75) is 25.7 Å². The smallest absolute Gasteiger partial charge is 0.200 e. The molecule has 0 amide bonds. The van der Waals surface area contributed by atoms with E-state index < -0.39 is 0 Å². The SMILES string of the molecule is c1ccc(COC2CCc3c(ccc4ccccc34)O2)cc1. The maximum absolute atomic E-state index is 6.04. The zero-order chi connectivity index (χ0) is 14.8. The van der Waals surface area contributed by atoms with Gasteiger partial charge in [0.2, 0.25) is 6.29 Å². The topological polar surface area (TPSA) is 18.5 Å². The van der Waals surface area contributed by atoms with Gasteiger partial charge >= 0.3 is 0 Å². The Kier molecular flexibility index (Phi) is 3.53. The molecular formula is C20H18O2. The second-order valence-corrected chi connectivity index (χ2v) is 5.65. The van der Waals surface area contributed by atoms with Gasteiger partial charge in [-0.3, -0.25) is 0 Å². The molecule has 0 saturated heterocycles. The van der Waals surface area contributed by atoms with Gasteiger partial charge in [-0.2, -0.15) is 0 Å². The van der Waals surface area contributed by atoms with Gasteiger partial charge in [0.05, 0.1) is 6.61 Å². The Labute approximate surface area is 130 Å². The number of ether oxygens (including phenoxy) is 2. The molecule has 22 heavy (non-hydrogen) atoms. The molecule has 4 rings (SSSR count). The van der Waals surface area contributed by atoms with Gasteiger partial charge in [-0.15, -0.1) is 0 Å². The number of benzene rings is 3. The van der Waals surface area contributed by atoms with Crippen molar-refractivity contribution in [2.75, 3.05) is 0 Å². The highest BCUT2D eigenvalue weighted by Gasteiger charge is 2.21. The molecule has 1 aliphatic heterocycles. The highest BCUT2D eigenvalue weighted by atomic mass is 16.7. The lowest BCUT2D eigenvalue weighted by molar-refractivity contribution is -0.0993. The Morgan fingerprint density at radius 1 is 0.909 bits per heavy atom. The predicted octanol–water partition coefficient (Wildman–Crippen LogP) is 4.71. The lowest BCUT2D eigenvalue weighted by Crippen LogP contribution is -2.25. The fourth-order valence-corrected chi connectivity index (χ4v) is 3.03. The summed E-state index contributed by atoms with van der Waals surface area (Å²) in [6, 6.07) is 22.9. The number of hydrogen-bond acceptors (Lipinski definition) is 2. The summed E-state index contributed by atoms with van der Waals surface area (Å²) >= 11 is 0. The summed E-state index contributed by atoms with van der Waals surface area (Å²) in [5, 5.41) is 2.56. The molecule has 2 heteroatoms. The molecule has 110 valence electrons. The van der Waals surface area contributed by atoms with Crippen LogP contribution in [0.15, 0.2) is 66.7 Å². The monoisotopic (exact) mass is 290 g/mol. The van der Waals surface area contributed by atoms with E-state index in [1.165, 1.54) is 21.9 Å². The van der Waals surface area contributed by atoms with E-state index in [0.29, 0.717) is 6.61 Å². The summed E-state index contributed by atoms with van der Waals surface area (Å²) in [7, 11) is 0. The Balaban J connectivity index is 1.51. The molecule has 0 aliphatic carbocycles. The van der Waals surface area contributed by atoms with Crippen molar-refractivity contribution in [3.8, 4) is 5.75 Å². The second-order valence-electron chi connectivity index (χ2n) is 5.65. The highest BCUT2D eigenvalue weighted by Crippen LogP contribution is 2.34. The Morgan fingerprint density at radius 2 is 1.73 bits per heavy atom. The van der Waals surface area contributed by atoms with E-state index in [9.17, 15) is 0 Å². The minimum Gasteiger partial charge on any atom is -0.465 e. The number of hydrogen-bond donors (Lipinski definition) is 0. The molecule has 0 radical (unpaired) electrons. The van der Waals surface area contributed by atoms with Crippen LogP contribution in [0.4, 0.5) is 0 Å². The molecule has 2 nitrogen and oxygen atoms in total. The summed E-state index contributed by atoms with van der Waals surface area (Å²) in [5.41, 5.74) is 2.48. The predicted molar refractivity (Wildman–Crippen MR) is 87.9 cm³/mol. The van der Waals surface area contributed by atoms with Crippen LogP contribution in [0, 0.1) is 0 Å². The average Bonchev–Trinajstić information content (AvgIpc) is 2.60. The van der Waals surface area contributed by atoms with Crippen molar-refractivity contribution in [1.29, 1.82) is 0 Å². The molecule has 3 aromatic rings. The van der Waals surface area contributed by atoms with Gasteiger partial charge in [-0.05, 0) is 28.8 Å². The zero-order valence-electron chi connectivity index (χ0n) is 12.4. The third kappa shape index (κ3) is 2.58. The first-order valence-electron chi connectivity index (χ1n) is 7.73. The lowest BCUT2D eigenvalue weighted by Gasteiger charge is -2.27. The summed E-state index contributed by atoms with van der Waals surface area (Å²) in [6.07, 6.45) is 1.73. The Bertz CT molecular complexity index is 780. The minimum atomic E-state index is -0.158. The van der Waals surface area contributed by atoms with Gasteiger partial charge in [0.15, 0.2) is 0 Å². The molecule has 0 N–H and O–H groups in total. The average molecular weight is 290 g/mol. The highest BCUT2D eigenvalue weighted by molar-refractivity contribution is 5.87. The fourth-order valence-electron chi connectivity index (χ4n) is 3.03. The number of rotatable bonds is 3. The Hall–Kier alpha value is -2.32. The van der Waals surface area contributed by atoms with Crippen LogP contribution >= 0.6 is 0 Å². The largest absolute Gasteiger partial charge is 0.465 e. The van der Waals surface area contributed by atoms with E-state index in [-0.39, 0.29) is 6.29 Å². The van der Waals surface area contributed by atoms with Gasteiger partial charge < -0.3 is 9.47 Å². The van der Waals surface area contributed by atoms with Crippen LogP contribution in [0.2, 0.25) is 0 Å². The maximum Gasteiger partial charge on any atom is 0.200 e. The van der Waals surface area contributed by atoms with Crippen LogP contribution in [0.25, 0.3) is 10.8 Å². The normalized spacial score (nSPS) is 17.0. The summed E-state index contributed by atoms with van der Waals surface area (Å²) < 4.78 is 12.0. The van der Waals surface area contributed by atoms with Crippen LogP contribution in [-0.4, -0.2) is 6.29 Å². The van der Waals surface area contributed by atoms with Crippen LogP contribution in [0.5, 0.6) is 5.75 Å². The van der Waals surface area contributed by atoms with E-state index in [1.807, 2.05) is 18.2 Å². The molecule has 1 aliphatic rings. The summed E-state index contributed by atoms with van der Waals surface area (Å²) in [4.78, 5) is 0. The first-order valence-corrected chi connectivity index (χ1v) is 7.73. The van der Waals surface area contributed by atoms with E-state index in [4.69, 9.17) is 9.47 Å². The molecule has 0 saturated carbocycles. The maximum atomic E-state index is 6.04. The summed E-state index contributed by atoms with van der Waals surface area (Å²) in [5.74, 6) is 0.961. The molecule has 3 aromatic carbocycles. The van der Waals surface area contributed by atoms with Crippen LogP contribution < -0.4 is 4.74 Å². The standard InChI is InChI=1S/C20H18O2/c1-2-6-15(7-3-1)14-21-20-13-11-18-17-9-5-4-8-16(17)10-12-19(18)22-20/h1-10,12,20H,11,13-14H2. The lowest BCUT2D eigenvalue weighted by atomic mass is 9.98. The van der Waals surface area contributed by atoms with Crippen LogP contribution in [0.1, 0.15) is 17.5 Å². The van der Waals surface area contributed by atoms with Crippen molar-refractivity contribution >= 4 is 10.8 Å².